The number of rotatable bonds is 0. The Bertz CT molecular complexity index is 539. The summed E-state index contributed by atoms with van der Waals surface area (Å²) in [6.07, 6.45) is -4.28. The Morgan fingerprint density at radius 2 is 1.62 bits per heavy atom. The Morgan fingerprint density at radius 3 is 2.25 bits per heavy atom. The van der Waals surface area contributed by atoms with Crippen LogP contribution in [-0.2, 0) is 6.18 Å². The van der Waals surface area contributed by atoms with Gasteiger partial charge in [0.15, 0.2) is 0 Å². The number of hydrogen-bond acceptors (Lipinski definition) is 0. The molecule has 0 aromatic heterocycles. The summed E-state index contributed by atoms with van der Waals surface area (Å²) >= 11 is 0. The van der Waals surface area contributed by atoms with E-state index in [-0.39, 0.29) is 0 Å². The van der Waals surface area contributed by atoms with Crippen LogP contribution >= 0.6 is 0 Å². The van der Waals surface area contributed by atoms with Crippen molar-refractivity contribution in [1.29, 1.82) is 0 Å². The molecule has 0 nitrogen and oxygen atoms in total. The zero-order valence-electron chi connectivity index (χ0n) is 9.02. The molecule has 84 valence electrons. The molecule has 2 rings (SSSR count). The molecule has 0 unspecified atom stereocenters. The van der Waals surface area contributed by atoms with E-state index in [0.717, 1.165) is 17.0 Å². The highest BCUT2D eigenvalue weighted by Gasteiger charge is 2.32. The molecule has 2 aromatic rings. The Balaban J connectivity index is 2.84. The summed E-state index contributed by atoms with van der Waals surface area (Å²) in [5, 5.41) is 1.56. The van der Waals surface area contributed by atoms with E-state index >= 15 is 0 Å². The largest absolute Gasteiger partial charge is 0.416 e. The lowest BCUT2D eigenvalue weighted by Gasteiger charge is -2.13. The quantitative estimate of drug-likeness (QED) is 0.619. The highest BCUT2D eigenvalue weighted by molar-refractivity contribution is 5.89. The van der Waals surface area contributed by atoms with E-state index in [1.165, 1.54) is 13.0 Å². The summed E-state index contributed by atoms with van der Waals surface area (Å²) in [4.78, 5) is 0. The van der Waals surface area contributed by atoms with Gasteiger partial charge >= 0.3 is 6.18 Å². The zero-order valence-corrected chi connectivity index (χ0v) is 9.02. The third kappa shape index (κ3) is 1.66. The fourth-order valence-electron chi connectivity index (χ4n) is 2.08. The van der Waals surface area contributed by atoms with Gasteiger partial charge in [0.05, 0.1) is 5.56 Å². The van der Waals surface area contributed by atoms with E-state index in [9.17, 15) is 13.2 Å². The van der Waals surface area contributed by atoms with Gasteiger partial charge in [-0.15, -0.1) is 0 Å². The molecular formula is C13H11F3. The lowest BCUT2D eigenvalue weighted by Crippen LogP contribution is -2.07. The molecule has 0 atom stereocenters. The van der Waals surface area contributed by atoms with Gasteiger partial charge in [-0.3, -0.25) is 0 Å². The van der Waals surface area contributed by atoms with Crippen LogP contribution < -0.4 is 0 Å². The third-order valence-electron chi connectivity index (χ3n) is 2.82. The van der Waals surface area contributed by atoms with Crippen LogP contribution in [0.4, 0.5) is 13.2 Å². The van der Waals surface area contributed by atoms with Crippen LogP contribution in [0, 0.1) is 13.8 Å². The molecule has 0 fully saturated rings. The van der Waals surface area contributed by atoms with Crippen molar-refractivity contribution >= 4 is 10.8 Å². The molecule has 0 aliphatic heterocycles. The highest BCUT2D eigenvalue weighted by Crippen LogP contribution is 2.35. The van der Waals surface area contributed by atoms with Gasteiger partial charge in [0.25, 0.3) is 0 Å². The van der Waals surface area contributed by atoms with Crippen LogP contribution in [-0.4, -0.2) is 0 Å². The third-order valence-corrected chi connectivity index (χ3v) is 2.82. The summed E-state index contributed by atoms with van der Waals surface area (Å²) in [7, 11) is 0. The number of fused-ring (bicyclic) bond motifs is 1. The minimum absolute atomic E-state index is 0.308. The number of aryl methyl sites for hydroxylation is 2. The second kappa shape index (κ2) is 3.51. The first-order valence-corrected chi connectivity index (χ1v) is 4.97. The van der Waals surface area contributed by atoms with Gasteiger partial charge in [-0.05, 0) is 41.8 Å². The van der Waals surface area contributed by atoms with Crippen LogP contribution in [0.25, 0.3) is 10.8 Å². The maximum atomic E-state index is 12.7. The van der Waals surface area contributed by atoms with Crippen molar-refractivity contribution in [1.82, 2.24) is 0 Å². The smallest absolute Gasteiger partial charge is 0.166 e. The van der Waals surface area contributed by atoms with Crippen molar-refractivity contribution < 1.29 is 13.2 Å². The van der Waals surface area contributed by atoms with Gasteiger partial charge in [-0.25, -0.2) is 0 Å². The molecular weight excluding hydrogens is 213 g/mol. The highest BCUT2D eigenvalue weighted by atomic mass is 19.4. The molecule has 3 heteroatoms. The van der Waals surface area contributed by atoms with Gasteiger partial charge in [0, 0.05) is 0 Å². The summed E-state index contributed by atoms with van der Waals surface area (Å²) < 4.78 is 38.1. The fourth-order valence-corrected chi connectivity index (χ4v) is 2.08. The van der Waals surface area contributed by atoms with Gasteiger partial charge < -0.3 is 0 Å². The van der Waals surface area contributed by atoms with Crippen molar-refractivity contribution in [3.8, 4) is 0 Å². The van der Waals surface area contributed by atoms with E-state index in [2.05, 4.69) is 0 Å². The molecule has 0 amide bonds. The fraction of sp³-hybridized carbons (Fsp3) is 0.231. The number of hydrogen-bond donors (Lipinski definition) is 0. The summed E-state index contributed by atoms with van der Waals surface area (Å²) in [5.74, 6) is 0. The maximum absolute atomic E-state index is 12.7. The van der Waals surface area contributed by atoms with Crippen molar-refractivity contribution in [3.05, 3.63) is 47.0 Å². The Hall–Kier alpha value is -1.51. The monoisotopic (exact) mass is 224 g/mol. The molecule has 16 heavy (non-hydrogen) atoms. The molecule has 0 bridgehead atoms. The summed E-state index contributed by atoms with van der Waals surface area (Å²) in [5.41, 5.74) is 0.638. The summed E-state index contributed by atoms with van der Waals surface area (Å²) in [6, 6.07) is 8.19. The van der Waals surface area contributed by atoms with Crippen LogP contribution in [0.3, 0.4) is 0 Å². The predicted octanol–water partition coefficient (Wildman–Crippen LogP) is 4.48. The minimum Gasteiger partial charge on any atom is -0.166 e. The summed E-state index contributed by atoms with van der Waals surface area (Å²) in [6.45, 7) is 3.35. The van der Waals surface area contributed by atoms with E-state index in [4.69, 9.17) is 0 Å². The molecule has 0 radical (unpaired) electrons. The molecule has 0 saturated heterocycles. The van der Waals surface area contributed by atoms with Crippen molar-refractivity contribution in [2.24, 2.45) is 0 Å². The van der Waals surface area contributed by atoms with E-state index in [0.29, 0.717) is 10.9 Å². The minimum atomic E-state index is -4.28. The Kier molecular flexibility index (Phi) is 2.41. The molecule has 0 spiro atoms. The molecule has 0 aliphatic rings. The zero-order chi connectivity index (χ0) is 11.9. The Morgan fingerprint density at radius 1 is 0.938 bits per heavy atom. The number of halogens is 3. The molecule has 0 N–H and O–H groups in total. The average molecular weight is 224 g/mol. The van der Waals surface area contributed by atoms with Gasteiger partial charge in [-0.1, -0.05) is 24.3 Å². The first-order chi connectivity index (χ1) is 7.41. The van der Waals surface area contributed by atoms with Crippen molar-refractivity contribution in [3.63, 3.8) is 0 Å². The topological polar surface area (TPSA) is 0 Å². The number of alkyl halides is 3. The predicted molar refractivity (Wildman–Crippen MR) is 58.4 cm³/mol. The van der Waals surface area contributed by atoms with Crippen LogP contribution in [0.5, 0.6) is 0 Å². The molecule has 2 aromatic carbocycles. The first kappa shape index (κ1) is 11.0. The van der Waals surface area contributed by atoms with E-state index < -0.39 is 11.7 Å². The van der Waals surface area contributed by atoms with Crippen molar-refractivity contribution in [2.45, 2.75) is 20.0 Å². The second-order valence-corrected chi connectivity index (χ2v) is 3.91. The van der Waals surface area contributed by atoms with Crippen LogP contribution in [0.15, 0.2) is 30.3 Å². The lowest BCUT2D eigenvalue weighted by molar-refractivity contribution is -0.137. The SMILES string of the molecule is Cc1cccc2ccc(C(F)(F)F)c(C)c12. The Labute approximate surface area is 91.7 Å². The average Bonchev–Trinajstić information content (AvgIpc) is 2.16. The van der Waals surface area contributed by atoms with Gasteiger partial charge in [0.1, 0.15) is 0 Å². The molecule has 0 aliphatic carbocycles. The molecule has 0 heterocycles. The van der Waals surface area contributed by atoms with Crippen LogP contribution in [0.1, 0.15) is 16.7 Å². The maximum Gasteiger partial charge on any atom is 0.416 e. The normalized spacial score (nSPS) is 12.1. The van der Waals surface area contributed by atoms with Gasteiger partial charge in [-0.2, -0.15) is 13.2 Å². The number of benzene rings is 2. The first-order valence-electron chi connectivity index (χ1n) is 4.97. The van der Waals surface area contributed by atoms with E-state index in [1.54, 1.807) is 0 Å². The van der Waals surface area contributed by atoms with E-state index in [1.807, 2.05) is 25.1 Å². The van der Waals surface area contributed by atoms with Gasteiger partial charge in [0.2, 0.25) is 0 Å². The van der Waals surface area contributed by atoms with Crippen LogP contribution in [0.2, 0.25) is 0 Å². The standard InChI is InChI=1S/C13H11F3/c1-8-4-3-5-10-6-7-11(13(14,15)16)9(2)12(8)10/h3-7H,1-2H3. The molecule has 0 saturated carbocycles. The van der Waals surface area contributed by atoms with Crippen molar-refractivity contribution in [2.75, 3.05) is 0 Å². The lowest BCUT2D eigenvalue weighted by atomic mass is 9.96. The second-order valence-electron chi connectivity index (χ2n) is 3.91.